The lowest BCUT2D eigenvalue weighted by Gasteiger charge is -2.17. The highest BCUT2D eigenvalue weighted by atomic mass is 79.9. The standard InChI is InChI=1S/C12H18BrNO3/c1-4-14-7-9(15)8-5-6-10(16-2)11(13)12(8)17-3/h5-6,9,14-15H,4,7H2,1-3H3. The summed E-state index contributed by atoms with van der Waals surface area (Å²) in [6.45, 7) is 3.30. The van der Waals surface area contributed by atoms with Crippen molar-refractivity contribution in [1.82, 2.24) is 5.32 Å². The van der Waals surface area contributed by atoms with E-state index in [9.17, 15) is 5.11 Å². The summed E-state index contributed by atoms with van der Waals surface area (Å²) >= 11 is 3.41. The van der Waals surface area contributed by atoms with Gasteiger partial charge in [-0.2, -0.15) is 0 Å². The Kier molecular flexibility index (Phi) is 5.74. The molecule has 5 heteroatoms. The summed E-state index contributed by atoms with van der Waals surface area (Å²) in [7, 11) is 3.16. The molecule has 0 radical (unpaired) electrons. The van der Waals surface area contributed by atoms with E-state index in [4.69, 9.17) is 9.47 Å². The van der Waals surface area contributed by atoms with E-state index in [2.05, 4.69) is 21.2 Å². The van der Waals surface area contributed by atoms with Gasteiger partial charge in [0.15, 0.2) is 0 Å². The van der Waals surface area contributed by atoms with Crippen molar-refractivity contribution in [2.75, 3.05) is 27.3 Å². The minimum atomic E-state index is -0.605. The molecule has 0 spiro atoms. The molecule has 96 valence electrons. The van der Waals surface area contributed by atoms with E-state index in [1.54, 1.807) is 20.3 Å². The maximum atomic E-state index is 10.0. The topological polar surface area (TPSA) is 50.7 Å². The molecule has 4 nitrogen and oxygen atoms in total. The maximum Gasteiger partial charge on any atom is 0.142 e. The highest BCUT2D eigenvalue weighted by molar-refractivity contribution is 9.10. The molecule has 17 heavy (non-hydrogen) atoms. The van der Waals surface area contributed by atoms with Crippen LogP contribution in [0, 0.1) is 0 Å². The molecule has 0 bridgehead atoms. The first kappa shape index (κ1) is 14.3. The first-order chi connectivity index (χ1) is 8.15. The van der Waals surface area contributed by atoms with Gasteiger partial charge in [-0.1, -0.05) is 6.92 Å². The van der Waals surface area contributed by atoms with Gasteiger partial charge >= 0.3 is 0 Å². The van der Waals surface area contributed by atoms with Crippen LogP contribution in [0.2, 0.25) is 0 Å². The fourth-order valence-electron chi connectivity index (χ4n) is 1.57. The summed E-state index contributed by atoms with van der Waals surface area (Å²) in [6.07, 6.45) is -0.605. The molecule has 2 N–H and O–H groups in total. The third-order valence-corrected chi connectivity index (χ3v) is 3.21. The van der Waals surface area contributed by atoms with Crippen molar-refractivity contribution < 1.29 is 14.6 Å². The first-order valence-electron chi connectivity index (χ1n) is 5.44. The lowest BCUT2D eigenvalue weighted by molar-refractivity contribution is 0.171. The Hall–Kier alpha value is -0.780. The van der Waals surface area contributed by atoms with Crippen molar-refractivity contribution in [3.05, 3.63) is 22.2 Å². The highest BCUT2D eigenvalue weighted by Gasteiger charge is 2.18. The van der Waals surface area contributed by atoms with Gasteiger partial charge in [0.25, 0.3) is 0 Å². The summed E-state index contributed by atoms with van der Waals surface area (Å²) in [5.74, 6) is 1.29. The van der Waals surface area contributed by atoms with Crippen LogP contribution in [0.4, 0.5) is 0 Å². The summed E-state index contributed by atoms with van der Waals surface area (Å²) < 4.78 is 11.2. The third-order valence-electron chi connectivity index (χ3n) is 2.46. The SMILES string of the molecule is CCNCC(O)c1ccc(OC)c(Br)c1OC. The third kappa shape index (κ3) is 3.34. The molecule has 0 aromatic heterocycles. The molecule has 0 aliphatic carbocycles. The van der Waals surface area contributed by atoms with Crippen molar-refractivity contribution >= 4 is 15.9 Å². The van der Waals surface area contributed by atoms with Gasteiger partial charge in [0.05, 0.1) is 20.3 Å². The lowest BCUT2D eigenvalue weighted by Crippen LogP contribution is -2.21. The van der Waals surface area contributed by atoms with Crippen LogP contribution < -0.4 is 14.8 Å². The Morgan fingerprint density at radius 1 is 1.35 bits per heavy atom. The fraction of sp³-hybridized carbons (Fsp3) is 0.500. The van der Waals surface area contributed by atoms with Gasteiger partial charge in [-0.3, -0.25) is 0 Å². The van der Waals surface area contributed by atoms with Gasteiger partial charge < -0.3 is 19.9 Å². The first-order valence-corrected chi connectivity index (χ1v) is 6.24. The second-order valence-corrected chi connectivity index (χ2v) is 4.32. The van der Waals surface area contributed by atoms with Gasteiger partial charge in [-0.25, -0.2) is 0 Å². The van der Waals surface area contributed by atoms with Crippen LogP contribution in [0.15, 0.2) is 16.6 Å². The summed E-state index contributed by atoms with van der Waals surface area (Å²) in [5.41, 5.74) is 0.737. The summed E-state index contributed by atoms with van der Waals surface area (Å²) in [5, 5.41) is 13.1. The van der Waals surface area contributed by atoms with Crippen LogP contribution in [0.1, 0.15) is 18.6 Å². The average Bonchev–Trinajstić information content (AvgIpc) is 2.35. The van der Waals surface area contributed by atoms with Crippen molar-refractivity contribution in [3.8, 4) is 11.5 Å². The van der Waals surface area contributed by atoms with Crippen LogP contribution in [0.3, 0.4) is 0 Å². The van der Waals surface area contributed by atoms with Crippen molar-refractivity contribution in [3.63, 3.8) is 0 Å². The van der Waals surface area contributed by atoms with Crippen LogP contribution in [0.5, 0.6) is 11.5 Å². The van der Waals surface area contributed by atoms with Crippen molar-refractivity contribution in [2.45, 2.75) is 13.0 Å². The molecule has 0 saturated heterocycles. The zero-order valence-electron chi connectivity index (χ0n) is 10.3. The van der Waals surface area contributed by atoms with Crippen LogP contribution >= 0.6 is 15.9 Å². The van der Waals surface area contributed by atoms with Crippen LogP contribution in [-0.2, 0) is 0 Å². The molecular weight excluding hydrogens is 286 g/mol. The zero-order chi connectivity index (χ0) is 12.8. The highest BCUT2D eigenvalue weighted by Crippen LogP contribution is 2.39. The number of rotatable bonds is 6. The molecule has 0 aliphatic heterocycles. The number of benzene rings is 1. The minimum Gasteiger partial charge on any atom is -0.495 e. The van der Waals surface area contributed by atoms with E-state index in [1.807, 2.05) is 13.0 Å². The van der Waals surface area contributed by atoms with E-state index in [0.717, 1.165) is 16.6 Å². The number of halogens is 1. The summed E-state index contributed by atoms with van der Waals surface area (Å²) in [6, 6.07) is 3.61. The number of aliphatic hydroxyl groups excluding tert-OH is 1. The van der Waals surface area contributed by atoms with E-state index in [0.29, 0.717) is 18.0 Å². The molecule has 0 aliphatic rings. The largest absolute Gasteiger partial charge is 0.495 e. The van der Waals surface area contributed by atoms with Crippen molar-refractivity contribution in [1.29, 1.82) is 0 Å². The van der Waals surface area contributed by atoms with Gasteiger partial charge in [-0.15, -0.1) is 0 Å². The number of methoxy groups -OCH3 is 2. The number of likely N-dealkylation sites (N-methyl/N-ethyl adjacent to an activating group) is 1. The van der Waals surface area contributed by atoms with Gasteiger partial charge in [0.2, 0.25) is 0 Å². The average molecular weight is 304 g/mol. The number of aliphatic hydroxyl groups is 1. The Morgan fingerprint density at radius 3 is 2.59 bits per heavy atom. The lowest BCUT2D eigenvalue weighted by atomic mass is 10.1. The number of hydrogen-bond donors (Lipinski definition) is 2. The second kappa shape index (κ2) is 6.83. The molecule has 0 saturated carbocycles. The minimum absolute atomic E-state index is 0.492. The van der Waals surface area contributed by atoms with Crippen LogP contribution in [0.25, 0.3) is 0 Å². The zero-order valence-corrected chi connectivity index (χ0v) is 11.9. The van der Waals surface area contributed by atoms with Gasteiger partial charge in [0, 0.05) is 12.1 Å². The van der Waals surface area contributed by atoms with Gasteiger partial charge in [-0.05, 0) is 34.6 Å². The molecule has 0 heterocycles. The summed E-state index contributed by atoms with van der Waals surface area (Å²) in [4.78, 5) is 0. The van der Waals surface area contributed by atoms with E-state index in [1.165, 1.54) is 0 Å². The molecule has 1 atom stereocenters. The Labute approximate surface area is 110 Å². The van der Waals surface area contributed by atoms with E-state index in [-0.39, 0.29) is 0 Å². The quantitative estimate of drug-likeness (QED) is 0.845. The molecule has 0 fully saturated rings. The fourth-order valence-corrected chi connectivity index (χ4v) is 2.26. The molecule has 0 amide bonds. The Bertz CT molecular complexity index is 371. The second-order valence-electron chi connectivity index (χ2n) is 3.53. The molecule has 1 rings (SSSR count). The smallest absolute Gasteiger partial charge is 0.142 e. The molecule has 1 unspecified atom stereocenters. The number of hydrogen-bond acceptors (Lipinski definition) is 4. The predicted octanol–water partition coefficient (Wildman–Crippen LogP) is 2.11. The van der Waals surface area contributed by atoms with Gasteiger partial charge in [0.1, 0.15) is 16.0 Å². The molecule has 1 aromatic carbocycles. The Balaban J connectivity index is 3.03. The molecule has 1 aromatic rings. The monoisotopic (exact) mass is 303 g/mol. The normalized spacial score (nSPS) is 12.3. The number of ether oxygens (including phenoxy) is 2. The Morgan fingerprint density at radius 2 is 2.06 bits per heavy atom. The predicted molar refractivity (Wildman–Crippen MR) is 70.7 cm³/mol. The van der Waals surface area contributed by atoms with E-state index >= 15 is 0 Å². The maximum absolute atomic E-state index is 10.0. The van der Waals surface area contributed by atoms with Crippen LogP contribution in [-0.4, -0.2) is 32.4 Å². The van der Waals surface area contributed by atoms with E-state index < -0.39 is 6.10 Å². The van der Waals surface area contributed by atoms with Crippen molar-refractivity contribution in [2.24, 2.45) is 0 Å². The number of nitrogens with one attached hydrogen (secondary N) is 1. The molecular formula is C12H18BrNO3.